The van der Waals surface area contributed by atoms with E-state index in [0.29, 0.717) is 0 Å². The second-order valence-electron chi connectivity index (χ2n) is 4.54. The molecule has 3 rings (SSSR count). The normalized spacial score (nSPS) is 12.3. The van der Waals surface area contributed by atoms with E-state index in [0.717, 1.165) is 22.8 Å². The van der Waals surface area contributed by atoms with E-state index < -0.39 is 0 Å². The molecular weight excluding hydrogens is 252 g/mol. The molecule has 0 aromatic carbocycles. The van der Waals surface area contributed by atoms with Crippen molar-refractivity contribution in [2.45, 2.75) is 13.0 Å². The smallest absolute Gasteiger partial charge is 0.180 e. The number of hydrogen-bond donors (Lipinski definition) is 2. The Labute approximate surface area is 116 Å². The van der Waals surface area contributed by atoms with Crippen molar-refractivity contribution in [1.29, 1.82) is 0 Å². The fourth-order valence-corrected chi connectivity index (χ4v) is 2.07. The number of rotatable bonds is 4. The van der Waals surface area contributed by atoms with Crippen LogP contribution in [0.1, 0.15) is 18.5 Å². The van der Waals surface area contributed by atoms with Crippen LogP contribution in [0.5, 0.6) is 0 Å². The monoisotopic (exact) mass is 268 g/mol. The molecule has 6 heteroatoms. The first kappa shape index (κ1) is 12.4. The molecule has 0 aliphatic rings. The first-order valence-electron chi connectivity index (χ1n) is 6.46. The minimum absolute atomic E-state index is 0.101. The molecule has 6 nitrogen and oxygen atoms in total. The van der Waals surface area contributed by atoms with Crippen molar-refractivity contribution < 1.29 is 0 Å². The molecular formula is C14H16N6. The molecule has 3 aromatic rings. The summed E-state index contributed by atoms with van der Waals surface area (Å²) >= 11 is 0. The third-order valence-electron chi connectivity index (χ3n) is 3.17. The molecule has 20 heavy (non-hydrogen) atoms. The van der Waals surface area contributed by atoms with E-state index >= 15 is 0 Å². The van der Waals surface area contributed by atoms with E-state index in [4.69, 9.17) is 0 Å². The highest BCUT2D eigenvalue weighted by atomic mass is 15.1. The van der Waals surface area contributed by atoms with Gasteiger partial charge in [-0.15, -0.1) is 0 Å². The molecule has 0 saturated carbocycles. The van der Waals surface area contributed by atoms with Gasteiger partial charge in [-0.1, -0.05) is 6.07 Å². The number of nitrogens with one attached hydrogen (secondary N) is 2. The molecule has 102 valence electrons. The Hall–Kier alpha value is -2.63. The predicted octanol–water partition coefficient (Wildman–Crippen LogP) is 2.34. The van der Waals surface area contributed by atoms with Crippen LogP contribution >= 0.6 is 0 Å². The Kier molecular flexibility index (Phi) is 3.20. The quantitative estimate of drug-likeness (QED) is 0.760. The van der Waals surface area contributed by atoms with E-state index in [1.807, 2.05) is 42.2 Å². The molecule has 0 bridgehead atoms. The van der Waals surface area contributed by atoms with Gasteiger partial charge in [-0.05, 0) is 18.6 Å². The van der Waals surface area contributed by atoms with Gasteiger partial charge in [0.15, 0.2) is 11.5 Å². The first-order valence-corrected chi connectivity index (χ1v) is 6.46. The van der Waals surface area contributed by atoms with Crippen molar-refractivity contribution in [3.63, 3.8) is 0 Å². The van der Waals surface area contributed by atoms with Crippen molar-refractivity contribution in [1.82, 2.24) is 19.4 Å². The maximum atomic E-state index is 4.53. The molecule has 1 unspecified atom stereocenters. The van der Waals surface area contributed by atoms with Crippen molar-refractivity contribution in [3.05, 3.63) is 48.7 Å². The number of imidazole rings is 1. The Balaban J connectivity index is 1.95. The van der Waals surface area contributed by atoms with Gasteiger partial charge in [-0.2, -0.15) is 0 Å². The van der Waals surface area contributed by atoms with Gasteiger partial charge in [0.1, 0.15) is 5.82 Å². The Morgan fingerprint density at radius 1 is 1.30 bits per heavy atom. The molecule has 0 aliphatic heterocycles. The summed E-state index contributed by atoms with van der Waals surface area (Å²) < 4.78 is 1.94. The topological polar surface area (TPSA) is 67.1 Å². The van der Waals surface area contributed by atoms with Crippen molar-refractivity contribution >= 4 is 17.3 Å². The van der Waals surface area contributed by atoms with E-state index in [1.54, 1.807) is 12.4 Å². The average molecular weight is 268 g/mol. The number of nitrogens with zero attached hydrogens (tertiary/aromatic N) is 4. The van der Waals surface area contributed by atoms with Crippen LogP contribution < -0.4 is 10.6 Å². The number of hydrogen-bond acceptors (Lipinski definition) is 5. The Bertz CT molecular complexity index is 706. The summed E-state index contributed by atoms with van der Waals surface area (Å²) in [7, 11) is 1.85. The van der Waals surface area contributed by atoms with Crippen molar-refractivity contribution in [2.24, 2.45) is 0 Å². The lowest BCUT2D eigenvalue weighted by molar-refractivity contribution is 0.865. The van der Waals surface area contributed by atoms with E-state index in [2.05, 4.69) is 32.5 Å². The molecule has 0 fully saturated rings. The lowest BCUT2D eigenvalue weighted by Gasteiger charge is -2.15. The summed E-state index contributed by atoms with van der Waals surface area (Å²) in [5.41, 5.74) is 1.91. The van der Waals surface area contributed by atoms with E-state index in [9.17, 15) is 0 Å². The Morgan fingerprint density at radius 3 is 2.95 bits per heavy atom. The van der Waals surface area contributed by atoms with Gasteiger partial charge in [-0.3, -0.25) is 4.98 Å². The standard InChI is InChI=1S/C14H16N6/c1-10(11-4-3-5-16-8-11)18-13-14-17-6-7-20(14)9-12(15-2)19-13/h3-10,15H,1-2H3,(H,18,19). The highest BCUT2D eigenvalue weighted by Crippen LogP contribution is 2.21. The third-order valence-corrected chi connectivity index (χ3v) is 3.17. The molecule has 0 radical (unpaired) electrons. The maximum absolute atomic E-state index is 4.53. The summed E-state index contributed by atoms with van der Waals surface area (Å²) in [5, 5.41) is 6.44. The predicted molar refractivity (Wildman–Crippen MR) is 78.8 cm³/mol. The minimum Gasteiger partial charge on any atom is -0.372 e. The zero-order valence-corrected chi connectivity index (χ0v) is 11.4. The summed E-state index contributed by atoms with van der Waals surface area (Å²) in [6.07, 6.45) is 9.18. The molecule has 0 aliphatic carbocycles. The van der Waals surface area contributed by atoms with E-state index in [1.165, 1.54) is 0 Å². The van der Waals surface area contributed by atoms with Crippen LogP contribution in [0.4, 0.5) is 11.6 Å². The van der Waals surface area contributed by atoms with E-state index in [-0.39, 0.29) is 6.04 Å². The zero-order valence-electron chi connectivity index (χ0n) is 11.4. The largest absolute Gasteiger partial charge is 0.372 e. The fraction of sp³-hybridized carbons (Fsp3) is 0.214. The fourth-order valence-electron chi connectivity index (χ4n) is 2.07. The van der Waals surface area contributed by atoms with Crippen LogP contribution in [0.15, 0.2) is 43.1 Å². The van der Waals surface area contributed by atoms with Crippen molar-refractivity contribution in [3.8, 4) is 0 Å². The van der Waals surface area contributed by atoms with Crippen LogP contribution in [0.2, 0.25) is 0 Å². The average Bonchev–Trinajstić information content (AvgIpc) is 2.96. The van der Waals surface area contributed by atoms with Gasteiger partial charge in [0.25, 0.3) is 0 Å². The minimum atomic E-state index is 0.101. The van der Waals surface area contributed by atoms with Gasteiger partial charge in [0.05, 0.1) is 12.2 Å². The molecule has 0 amide bonds. The summed E-state index contributed by atoms with van der Waals surface area (Å²) in [6, 6.07) is 4.06. The van der Waals surface area contributed by atoms with Gasteiger partial charge in [0.2, 0.25) is 0 Å². The summed E-state index contributed by atoms with van der Waals surface area (Å²) in [5.74, 6) is 1.54. The van der Waals surface area contributed by atoms with Crippen molar-refractivity contribution in [2.75, 3.05) is 17.7 Å². The highest BCUT2D eigenvalue weighted by Gasteiger charge is 2.11. The van der Waals surface area contributed by atoms with Crippen LogP contribution in [0, 0.1) is 0 Å². The van der Waals surface area contributed by atoms with Crippen LogP contribution in [0.3, 0.4) is 0 Å². The van der Waals surface area contributed by atoms with Crippen LogP contribution in [-0.4, -0.2) is 26.4 Å². The van der Waals surface area contributed by atoms with Gasteiger partial charge in [0, 0.05) is 31.8 Å². The maximum Gasteiger partial charge on any atom is 0.180 e. The lowest BCUT2D eigenvalue weighted by Crippen LogP contribution is -2.10. The second-order valence-corrected chi connectivity index (χ2v) is 4.54. The van der Waals surface area contributed by atoms with Crippen LogP contribution in [0.25, 0.3) is 5.65 Å². The molecule has 0 spiro atoms. The van der Waals surface area contributed by atoms with Gasteiger partial charge < -0.3 is 15.0 Å². The number of anilines is 2. The highest BCUT2D eigenvalue weighted by molar-refractivity contribution is 5.65. The summed E-state index contributed by atoms with van der Waals surface area (Å²) in [4.78, 5) is 13.0. The first-order chi connectivity index (χ1) is 9.78. The SMILES string of the molecule is CNc1cn2ccnc2c(NC(C)c2cccnc2)n1. The molecule has 0 saturated heterocycles. The van der Waals surface area contributed by atoms with Gasteiger partial charge >= 0.3 is 0 Å². The number of pyridine rings is 1. The number of fused-ring (bicyclic) bond motifs is 1. The Morgan fingerprint density at radius 2 is 2.20 bits per heavy atom. The molecule has 3 aromatic heterocycles. The summed E-state index contributed by atoms with van der Waals surface area (Å²) in [6.45, 7) is 2.07. The van der Waals surface area contributed by atoms with Crippen LogP contribution in [-0.2, 0) is 0 Å². The zero-order chi connectivity index (χ0) is 13.9. The second kappa shape index (κ2) is 5.16. The molecule has 3 heterocycles. The lowest BCUT2D eigenvalue weighted by atomic mass is 10.1. The molecule has 2 N–H and O–H groups in total. The number of aromatic nitrogens is 4. The third kappa shape index (κ3) is 2.27. The molecule has 1 atom stereocenters. The van der Waals surface area contributed by atoms with Gasteiger partial charge in [-0.25, -0.2) is 9.97 Å².